The molecule has 28 heavy (non-hydrogen) atoms. The average molecular weight is 405 g/mol. The van der Waals surface area contributed by atoms with Gasteiger partial charge in [0.2, 0.25) is 0 Å². The molecular formula is C20H23NO6S. The van der Waals surface area contributed by atoms with Gasteiger partial charge in [-0.15, -0.1) is 0 Å². The third-order valence-electron chi connectivity index (χ3n) is 3.89. The molecule has 8 heteroatoms. The number of methoxy groups -OCH3 is 2. The van der Waals surface area contributed by atoms with Crippen molar-refractivity contribution in [3.05, 3.63) is 53.6 Å². The van der Waals surface area contributed by atoms with Gasteiger partial charge in [0, 0.05) is 12.3 Å². The summed E-state index contributed by atoms with van der Waals surface area (Å²) in [5.41, 5.74) is 1.01. The summed E-state index contributed by atoms with van der Waals surface area (Å²) in [5, 5.41) is 2.67. The molecule has 2 aromatic carbocycles. The molecule has 0 fully saturated rings. The minimum atomic E-state index is -1.29. The molecule has 0 spiro atoms. The normalized spacial score (nSPS) is 11.4. The summed E-state index contributed by atoms with van der Waals surface area (Å²) in [5.74, 6) is 0.405. The van der Waals surface area contributed by atoms with Crippen LogP contribution >= 0.6 is 0 Å². The second kappa shape index (κ2) is 10.5. The number of carbonyl (C=O) groups excluding carboxylic acids is 2. The van der Waals surface area contributed by atoms with E-state index < -0.39 is 29.3 Å². The summed E-state index contributed by atoms with van der Waals surface area (Å²) in [6.45, 7) is 1.58. The predicted octanol–water partition coefficient (Wildman–Crippen LogP) is 2.30. The van der Waals surface area contributed by atoms with Gasteiger partial charge in [0.25, 0.3) is 5.91 Å². The van der Waals surface area contributed by atoms with Crippen LogP contribution in [0.25, 0.3) is 0 Å². The second-order valence-electron chi connectivity index (χ2n) is 5.67. The summed E-state index contributed by atoms with van der Waals surface area (Å²) in [4.78, 5) is 24.7. The van der Waals surface area contributed by atoms with Crippen molar-refractivity contribution in [2.75, 3.05) is 26.6 Å². The average Bonchev–Trinajstić information content (AvgIpc) is 2.75. The molecular weight excluding hydrogens is 382 g/mol. The zero-order valence-electron chi connectivity index (χ0n) is 16.0. The van der Waals surface area contributed by atoms with Gasteiger partial charge in [-0.05, 0) is 29.8 Å². The van der Waals surface area contributed by atoms with E-state index in [4.69, 9.17) is 14.2 Å². The minimum absolute atomic E-state index is 0.204. The van der Waals surface area contributed by atoms with Gasteiger partial charge in [0.15, 0.2) is 18.1 Å². The minimum Gasteiger partial charge on any atom is -0.493 e. The molecule has 0 aliphatic rings. The SMILES string of the molecule is CC[S@](=O)c1ccccc1C(=O)OCC(=O)NCc1ccc(OC)c(OC)c1. The molecule has 0 aromatic heterocycles. The van der Waals surface area contributed by atoms with E-state index in [2.05, 4.69) is 5.32 Å². The number of hydrogen-bond acceptors (Lipinski definition) is 6. The maximum Gasteiger partial charge on any atom is 0.339 e. The van der Waals surface area contributed by atoms with Crippen molar-refractivity contribution in [1.82, 2.24) is 5.32 Å². The highest BCUT2D eigenvalue weighted by atomic mass is 32.2. The first kappa shape index (κ1) is 21.4. The zero-order chi connectivity index (χ0) is 20.5. The lowest BCUT2D eigenvalue weighted by molar-refractivity contribution is -0.124. The molecule has 7 nitrogen and oxygen atoms in total. The number of benzene rings is 2. The molecule has 0 aliphatic carbocycles. The molecule has 1 amide bonds. The van der Waals surface area contributed by atoms with Crippen LogP contribution in [0.2, 0.25) is 0 Å². The molecule has 1 atom stereocenters. The summed E-state index contributed by atoms with van der Waals surface area (Å²) < 4.78 is 27.5. The number of amides is 1. The molecule has 2 aromatic rings. The lowest BCUT2D eigenvalue weighted by Crippen LogP contribution is -2.28. The Bertz CT molecular complexity index is 868. The third kappa shape index (κ3) is 5.56. The van der Waals surface area contributed by atoms with Crippen LogP contribution in [0.5, 0.6) is 11.5 Å². The Morgan fingerprint density at radius 1 is 1.04 bits per heavy atom. The van der Waals surface area contributed by atoms with Crippen LogP contribution in [-0.2, 0) is 26.9 Å². The van der Waals surface area contributed by atoms with Gasteiger partial charge >= 0.3 is 5.97 Å². The Hall–Kier alpha value is -2.87. The van der Waals surface area contributed by atoms with Gasteiger partial charge in [-0.3, -0.25) is 9.00 Å². The Balaban J connectivity index is 1.91. The van der Waals surface area contributed by atoms with Gasteiger partial charge in [0.05, 0.1) is 35.5 Å². The highest BCUT2D eigenvalue weighted by molar-refractivity contribution is 7.85. The molecule has 0 unspecified atom stereocenters. The highest BCUT2D eigenvalue weighted by Crippen LogP contribution is 2.27. The van der Waals surface area contributed by atoms with E-state index in [1.54, 1.807) is 50.4 Å². The van der Waals surface area contributed by atoms with Crippen LogP contribution < -0.4 is 14.8 Å². The molecule has 2 rings (SSSR count). The van der Waals surface area contributed by atoms with E-state index in [1.807, 2.05) is 0 Å². The number of esters is 1. The van der Waals surface area contributed by atoms with Crippen molar-refractivity contribution in [3.63, 3.8) is 0 Å². The van der Waals surface area contributed by atoms with Gasteiger partial charge in [-0.25, -0.2) is 4.79 Å². The summed E-state index contributed by atoms with van der Waals surface area (Å²) >= 11 is 0. The van der Waals surface area contributed by atoms with Crippen molar-refractivity contribution in [3.8, 4) is 11.5 Å². The molecule has 150 valence electrons. The van der Waals surface area contributed by atoms with Gasteiger partial charge < -0.3 is 19.5 Å². The summed E-state index contributed by atoms with van der Waals surface area (Å²) in [6.07, 6.45) is 0. The fraction of sp³-hybridized carbons (Fsp3) is 0.300. The monoisotopic (exact) mass is 405 g/mol. The second-order valence-corrected chi connectivity index (χ2v) is 7.38. The predicted molar refractivity (Wildman–Crippen MR) is 105 cm³/mol. The molecule has 0 saturated heterocycles. The van der Waals surface area contributed by atoms with E-state index in [-0.39, 0.29) is 12.1 Å². The molecule has 0 heterocycles. The van der Waals surface area contributed by atoms with E-state index in [0.29, 0.717) is 22.1 Å². The number of nitrogens with one attached hydrogen (secondary N) is 1. The van der Waals surface area contributed by atoms with E-state index in [9.17, 15) is 13.8 Å². The van der Waals surface area contributed by atoms with Crippen molar-refractivity contribution >= 4 is 22.7 Å². The Morgan fingerprint density at radius 3 is 2.43 bits per heavy atom. The number of rotatable bonds is 9. The fourth-order valence-corrected chi connectivity index (χ4v) is 3.38. The summed E-state index contributed by atoms with van der Waals surface area (Å²) in [6, 6.07) is 11.8. The zero-order valence-corrected chi connectivity index (χ0v) is 16.8. The topological polar surface area (TPSA) is 90.9 Å². The Labute approximate surface area is 166 Å². The smallest absolute Gasteiger partial charge is 0.339 e. The maximum absolute atomic E-state index is 12.3. The van der Waals surface area contributed by atoms with Crippen LogP contribution in [0, 0.1) is 0 Å². The lowest BCUT2D eigenvalue weighted by atomic mass is 10.2. The maximum atomic E-state index is 12.3. The molecule has 0 saturated carbocycles. The molecule has 0 aliphatic heterocycles. The first-order chi connectivity index (χ1) is 13.5. The van der Waals surface area contributed by atoms with Crippen LogP contribution in [0.1, 0.15) is 22.8 Å². The first-order valence-electron chi connectivity index (χ1n) is 8.62. The van der Waals surface area contributed by atoms with Gasteiger partial charge in [-0.1, -0.05) is 25.1 Å². The van der Waals surface area contributed by atoms with Crippen LogP contribution in [0.15, 0.2) is 47.4 Å². The van der Waals surface area contributed by atoms with E-state index >= 15 is 0 Å². The quantitative estimate of drug-likeness (QED) is 0.644. The van der Waals surface area contributed by atoms with E-state index in [1.165, 1.54) is 13.2 Å². The first-order valence-corrected chi connectivity index (χ1v) is 9.94. The van der Waals surface area contributed by atoms with Crippen molar-refractivity contribution < 1.29 is 28.0 Å². The van der Waals surface area contributed by atoms with Gasteiger partial charge in [0.1, 0.15) is 0 Å². The summed E-state index contributed by atoms with van der Waals surface area (Å²) in [7, 11) is 1.78. The van der Waals surface area contributed by atoms with Crippen LogP contribution in [0.3, 0.4) is 0 Å². The van der Waals surface area contributed by atoms with Crippen molar-refractivity contribution in [2.24, 2.45) is 0 Å². The number of ether oxygens (including phenoxy) is 3. The lowest BCUT2D eigenvalue weighted by Gasteiger charge is -2.11. The Morgan fingerprint density at radius 2 is 1.75 bits per heavy atom. The largest absolute Gasteiger partial charge is 0.493 e. The van der Waals surface area contributed by atoms with E-state index in [0.717, 1.165) is 5.56 Å². The molecule has 0 bridgehead atoms. The van der Waals surface area contributed by atoms with Gasteiger partial charge in [-0.2, -0.15) is 0 Å². The molecule has 1 N–H and O–H groups in total. The molecule has 0 radical (unpaired) electrons. The van der Waals surface area contributed by atoms with Crippen molar-refractivity contribution in [1.29, 1.82) is 0 Å². The fourth-order valence-electron chi connectivity index (χ4n) is 2.44. The number of carbonyl (C=O) groups is 2. The standard InChI is InChI=1S/C20H23NO6S/c1-4-28(24)18-8-6-5-7-15(18)20(23)27-13-19(22)21-12-14-9-10-16(25-2)17(11-14)26-3/h5-11H,4,12-13H2,1-3H3,(H,21,22)/t28-/m0/s1. The van der Waals surface area contributed by atoms with Crippen LogP contribution in [-0.4, -0.2) is 42.7 Å². The highest BCUT2D eigenvalue weighted by Gasteiger charge is 2.17. The Kier molecular flexibility index (Phi) is 8.01. The van der Waals surface area contributed by atoms with Crippen LogP contribution in [0.4, 0.5) is 0 Å². The van der Waals surface area contributed by atoms with Crippen molar-refractivity contribution in [2.45, 2.75) is 18.4 Å². The third-order valence-corrected chi connectivity index (χ3v) is 5.26. The number of hydrogen-bond donors (Lipinski definition) is 1.